The molecule has 0 radical (unpaired) electrons. The Bertz CT molecular complexity index is 1150. The molecule has 1 fully saturated rings. The molecule has 0 spiro atoms. The molecule has 2 N–H and O–H groups in total. The Morgan fingerprint density at radius 2 is 1.69 bits per heavy atom. The van der Waals surface area contributed by atoms with Crippen molar-refractivity contribution in [2.75, 3.05) is 13.1 Å². The number of rotatable bonds is 4. The number of imidazole rings is 1. The number of aromatic nitrogens is 2. The topological polar surface area (TPSA) is 52.1 Å². The van der Waals surface area contributed by atoms with Gasteiger partial charge in [-0.15, -0.1) is 0 Å². The fourth-order valence-electron chi connectivity index (χ4n) is 4.24. The van der Waals surface area contributed by atoms with Gasteiger partial charge >= 0.3 is 0 Å². The number of aliphatic hydroxyl groups is 1. The van der Waals surface area contributed by atoms with Crippen molar-refractivity contribution in [3.63, 3.8) is 0 Å². The van der Waals surface area contributed by atoms with E-state index in [1.165, 1.54) is 27.8 Å². The molecule has 4 nitrogen and oxygen atoms in total. The first-order valence-electron chi connectivity index (χ1n) is 10.2. The molecule has 0 bridgehead atoms. The van der Waals surface area contributed by atoms with Gasteiger partial charge in [0.05, 0.1) is 17.1 Å². The van der Waals surface area contributed by atoms with Gasteiger partial charge < -0.3 is 10.1 Å². The zero-order chi connectivity index (χ0) is 19.8. The van der Waals surface area contributed by atoms with Gasteiger partial charge in [-0.2, -0.15) is 0 Å². The summed E-state index contributed by atoms with van der Waals surface area (Å²) >= 11 is 0. The molecule has 5 rings (SSSR count). The lowest BCUT2D eigenvalue weighted by Gasteiger charge is -2.15. The third-order valence-electron chi connectivity index (χ3n) is 5.73. The van der Waals surface area contributed by atoms with Crippen LogP contribution in [0.2, 0.25) is 0 Å². The molecule has 0 unspecified atom stereocenters. The number of hydrogen-bond acceptors (Lipinski definition) is 3. The molecular weight excluding hydrogens is 358 g/mol. The molecule has 1 saturated heterocycles. The lowest BCUT2D eigenvalue weighted by atomic mass is 9.99. The lowest BCUT2D eigenvalue weighted by molar-refractivity contribution is 0.175. The number of nitrogens with one attached hydrogen (secondary N) is 1. The average molecular weight is 383 g/mol. The van der Waals surface area contributed by atoms with Crippen LogP contribution >= 0.6 is 0 Å². The van der Waals surface area contributed by atoms with Gasteiger partial charge in [-0.1, -0.05) is 48.5 Å². The number of hydrogen-bond donors (Lipinski definition) is 2. The Morgan fingerprint density at radius 1 is 0.966 bits per heavy atom. The number of benzene rings is 3. The van der Waals surface area contributed by atoms with Crippen LogP contribution in [0, 0.1) is 6.92 Å². The van der Waals surface area contributed by atoms with Gasteiger partial charge in [0.2, 0.25) is 0 Å². The Morgan fingerprint density at radius 3 is 2.41 bits per heavy atom. The minimum Gasteiger partial charge on any atom is -0.392 e. The molecule has 0 aliphatic carbocycles. The Labute approximate surface area is 170 Å². The molecule has 0 amide bonds. The van der Waals surface area contributed by atoms with Crippen LogP contribution in [0.5, 0.6) is 0 Å². The summed E-state index contributed by atoms with van der Waals surface area (Å²) in [5, 5.41) is 9.74. The van der Waals surface area contributed by atoms with Gasteiger partial charge in [0, 0.05) is 19.6 Å². The van der Waals surface area contributed by atoms with Crippen LogP contribution in [0.1, 0.15) is 17.8 Å². The summed E-state index contributed by atoms with van der Waals surface area (Å²) in [6, 6.07) is 23.8. The molecule has 0 saturated carbocycles. The first-order valence-corrected chi connectivity index (χ1v) is 10.2. The number of β-amino-alcohol motifs (C(OH)–C–C–N with tert-alkyl or cyclic N) is 1. The highest BCUT2D eigenvalue weighted by Gasteiger charge is 2.19. The summed E-state index contributed by atoms with van der Waals surface area (Å²) in [7, 11) is 0. The quantitative estimate of drug-likeness (QED) is 0.534. The number of likely N-dealkylation sites (tertiary alicyclic amines) is 1. The summed E-state index contributed by atoms with van der Waals surface area (Å²) in [5.41, 5.74) is 8.21. The van der Waals surface area contributed by atoms with Gasteiger partial charge in [0.1, 0.15) is 5.82 Å². The van der Waals surface area contributed by atoms with Gasteiger partial charge in [-0.05, 0) is 59.4 Å². The molecule has 29 heavy (non-hydrogen) atoms. The maximum absolute atomic E-state index is 9.74. The van der Waals surface area contributed by atoms with E-state index in [2.05, 4.69) is 81.6 Å². The van der Waals surface area contributed by atoms with Crippen molar-refractivity contribution in [3.8, 4) is 22.3 Å². The van der Waals surface area contributed by atoms with Crippen molar-refractivity contribution >= 4 is 11.0 Å². The van der Waals surface area contributed by atoms with Crippen molar-refractivity contribution in [1.82, 2.24) is 14.9 Å². The summed E-state index contributed by atoms with van der Waals surface area (Å²) in [6.07, 6.45) is 0.709. The van der Waals surface area contributed by atoms with E-state index in [1.54, 1.807) is 0 Å². The Hall–Kier alpha value is -2.95. The minimum atomic E-state index is -0.171. The highest BCUT2D eigenvalue weighted by atomic mass is 16.3. The second-order valence-corrected chi connectivity index (χ2v) is 8.01. The largest absolute Gasteiger partial charge is 0.392 e. The molecule has 3 aromatic carbocycles. The van der Waals surface area contributed by atoms with E-state index in [-0.39, 0.29) is 6.10 Å². The molecular formula is C25H25N3O. The van der Waals surface area contributed by atoms with E-state index in [1.807, 2.05) is 6.92 Å². The van der Waals surface area contributed by atoms with E-state index >= 15 is 0 Å². The summed E-state index contributed by atoms with van der Waals surface area (Å²) in [4.78, 5) is 10.1. The average Bonchev–Trinajstić information content (AvgIpc) is 3.31. The molecule has 4 heteroatoms. The van der Waals surface area contributed by atoms with Crippen molar-refractivity contribution in [1.29, 1.82) is 0 Å². The van der Waals surface area contributed by atoms with Crippen LogP contribution in [0.25, 0.3) is 33.3 Å². The number of aromatic amines is 1. The standard InChI is InChI=1S/C25H25N3O/c1-17-26-24-10-9-22(14-25(24)27-17)20-7-5-19(6-8-20)21-4-2-3-18(13-21)15-28-12-11-23(29)16-28/h2-10,13-14,23,29H,11-12,15-16H2,1H3,(H,26,27)/t23-/m1/s1. The normalized spacial score (nSPS) is 17.2. The predicted octanol–water partition coefficient (Wildman–Crippen LogP) is 4.77. The third-order valence-corrected chi connectivity index (χ3v) is 5.73. The van der Waals surface area contributed by atoms with E-state index in [4.69, 9.17) is 0 Å². The first kappa shape index (κ1) is 18.1. The zero-order valence-electron chi connectivity index (χ0n) is 16.6. The molecule has 1 aliphatic rings. The number of aliphatic hydroxyl groups excluding tert-OH is 1. The van der Waals surface area contributed by atoms with Crippen LogP contribution < -0.4 is 0 Å². The summed E-state index contributed by atoms with van der Waals surface area (Å²) in [6.45, 7) is 4.63. The van der Waals surface area contributed by atoms with Crippen LogP contribution in [0.3, 0.4) is 0 Å². The molecule has 1 aromatic heterocycles. The highest BCUT2D eigenvalue weighted by Crippen LogP contribution is 2.27. The van der Waals surface area contributed by atoms with Crippen molar-refractivity contribution in [2.45, 2.75) is 26.0 Å². The SMILES string of the molecule is Cc1nc2ccc(-c3ccc(-c4cccc(CN5CC[C@@H](O)C5)c4)cc3)cc2[nH]1. The predicted molar refractivity (Wildman–Crippen MR) is 118 cm³/mol. The maximum atomic E-state index is 9.74. The fraction of sp³-hybridized carbons (Fsp3) is 0.240. The van der Waals surface area contributed by atoms with Crippen molar-refractivity contribution in [3.05, 3.63) is 78.1 Å². The number of H-pyrrole nitrogens is 1. The monoisotopic (exact) mass is 383 g/mol. The van der Waals surface area contributed by atoms with Crippen LogP contribution in [0.4, 0.5) is 0 Å². The summed E-state index contributed by atoms with van der Waals surface area (Å²) < 4.78 is 0. The first-order chi connectivity index (χ1) is 14.1. The molecule has 146 valence electrons. The lowest BCUT2D eigenvalue weighted by Crippen LogP contribution is -2.21. The van der Waals surface area contributed by atoms with Gasteiger partial charge in [0.15, 0.2) is 0 Å². The Kier molecular flexibility index (Phi) is 4.66. The van der Waals surface area contributed by atoms with Crippen molar-refractivity contribution in [2.24, 2.45) is 0 Å². The second kappa shape index (κ2) is 7.47. The number of aryl methyl sites for hydroxylation is 1. The van der Waals surface area contributed by atoms with Gasteiger partial charge in [-0.3, -0.25) is 4.90 Å². The van der Waals surface area contributed by atoms with E-state index in [0.717, 1.165) is 42.9 Å². The zero-order valence-corrected chi connectivity index (χ0v) is 16.6. The molecule has 1 atom stereocenters. The number of nitrogens with zero attached hydrogens (tertiary/aromatic N) is 2. The second-order valence-electron chi connectivity index (χ2n) is 8.01. The molecule has 1 aliphatic heterocycles. The van der Waals surface area contributed by atoms with Gasteiger partial charge in [-0.25, -0.2) is 4.98 Å². The maximum Gasteiger partial charge on any atom is 0.104 e. The van der Waals surface area contributed by atoms with E-state index < -0.39 is 0 Å². The fourth-order valence-corrected chi connectivity index (χ4v) is 4.24. The van der Waals surface area contributed by atoms with Crippen LogP contribution in [-0.2, 0) is 6.54 Å². The van der Waals surface area contributed by atoms with Crippen LogP contribution in [-0.4, -0.2) is 39.2 Å². The van der Waals surface area contributed by atoms with E-state index in [9.17, 15) is 5.11 Å². The van der Waals surface area contributed by atoms with Crippen LogP contribution in [0.15, 0.2) is 66.7 Å². The Balaban J connectivity index is 1.37. The van der Waals surface area contributed by atoms with E-state index in [0.29, 0.717) is 0 Å². The number of fused-ring (bicyclic) bond motifs is 1. The van der Waals surface area contributed by atoms with Crippen molar-refractivity contribution < 1.29 is 5.11 Å². The third kappa shape index (κ3) is 3.82. The smallest absolute Gasteiger partial charge is 0.104 e. The highest BCUT2D eigenvalue weighted by molar-refractivity contribution is 5.82. The minimum absolute atomic E-state index is 0.171. The molecule has 4 aromatic rings. The van der Waals surface area contributed by atoms with Gasteiger partial charge in [0.25, 0.3) is 0 Å². The molecule has 2 heterocycles. The summed E-state index contributed by atoms with van der Waals surface area (Å²) in [5.74, 6) is 0.941.